The first-order valence-corrected chi connectivity index (χ1v) is 6.27. The molecule has 1 aromatic heterocycles. The van der Waals surface area contributed by atoms with Gasteiger partial charge in [-0.1, -0.05) is 0 Å². The maximum absolute atomic E-state index is 11.0. The minimum absolute atomic E-state index is 0.414. The topological polar surface area (TPSA) is 46.2 Å². The second-order valence-electron chi connectivity index (χ2n) is 2.29. The molecule has 0 radical (unpaired) electrons. The summed E-state index contributed by atoms with van der Waals surface area (Å²) in [7, 11) is -3.34. The van der Waals surface area contributed by atoms with Crippen molar-refractivity contribution in [2.45, 2.75) is 6.92 Å². The number of rotatable bonds is 3. The second kappa shape index (κ2) is 3.64. The van der Waals surface area contributed by atoms with Gasteiger partial charge in [0.05, 0.1) is 5.69 Å². The molecule has 0 bridgehead atoms. The van der Waals surface area contributed by atoms with Gasteiger partial charge in [0.2, 0.25) is 10.0 Å². The number of halogens is 1. The van der Waals surface area contributed by atoms with E-state index >= 15 is 0 Å². The van der Waals surface area contributed by atoms with E-state index in [1.165, 1.54) is 11.3 Å². The normalized spacial score (nSPS) is 11.5. The fraction of sp³-hybridized carbons (Fsp3) is 0.333. The van der Waals surface area contributed by atoms with Gasteiger partial charge >= 0.3 is 0 Å². The molecule has 0 saturated carbocycles. The fourth-order valence-electron chi connectivity index (χ4n) is 0.660. The summed E-state index contributed by atoms with van der Waals surface area (Å²) in [5.74, 6) is 0. The molecular weight excluding hydrogens is 218 g/mol. The summed E-state index contributed by atoms with van der Waals surface area (Å²) < 4.78 is 24.3. The van der Waals surface area contributed by atoms with Crippen LogP contribution in [-0.4, -0.2) is 13.6 Å². The maximum atomic E-state index is 11.0. The summed E-state index contributed by atoms with van der Waals surface area (Å²) in [5, 5.41) is 3.19. The van der Waals surface area contributed by atoms with Crippen LogP contribution in [0.25, 0.3) is 0 Å². The molecule has 0 aliphatic carbocycles. The van der Waals surface area contributed by atoms with Gasteiger partial charge < -0.3 is 0 Å². The maximum Gasteiger partial charge on any atom is 0.246 e. The Labute approximate surface area is 80.4 Å². The minimum Gasteiger partial charge on any atom is -0.281 e. The van der Waals surface area contributed by atoms with Crippen molar-refractivity contribution in [2.24, 2.45) is 0 Å². The molecule has 0 fully saturated rings. The molecule has 1 heterocycles. The van der Waals surface area contributed by atoms with Gasteiger partial charge in [-0.3, -0.25) is 4.72 Å². The van der Waals surface area contributed by atoms with Crippen LogP contribution >= 0.6 is 22.9 Å². The third-order valence-corrected chi connectivity index (χ3v) is 3.81. The van der Waals surface area contributed by atoms with E-state index in [1.807, 2.05) is 12.3 Å². The van der Waals surface area contributed by atoms with E-state index in [0.29, 0.717) is 5.69 Å². The van der Waals surface area contributed by atoms with Gasteiger partial charge in [0.15, 0.2) is 0 Å². The van der Waals surface area contributed by atoms with Gasteiger partial charge in [0, 0.05) is 5.38 Å². The highest BCUT2D eigenvalue weighted by Crippen LogP contribution is 2.20. The molecule has 0 amide bonds. The predicted octanol–water partition coefficient (Wildman–Crippen LogP) is 1.99. The van der Waals surface area contributed by atoms with Crippen molar-refractivity contribution in [1.29, 1.82) is 0 Å². The van der Waals surface area contributed by atoms with Gasteiger partial charge in [0.25, 0.3) is 0 Å². The van der Waals surface area contributed by atoms with E-state index in [0.717, 1.165) is 5.56 Å². The van der Waals surface area contributed by atoms with Gasteiger partial charge in [-0.05, 0) is 17.9 Å². The van der Waals surface area contributed by atoms with Crippen molar-refractivity contribution in [3.05, 3.63) is 16.3 Å². The number of aryl methyl sites for hydroxylation is 1. The van der Waals surface area contributed by atoms with Crippen LogP contribution in [0, 0.1) is 6.92 Å². The molecule has 0 unspecified atom stereocenters. The van der Waals surface area contributed by atoms with E-state index in [1.54, 1.807) is 5.38 Å². The van der Waals surface area contributed by atoms with Crippen molar-refractivity contribution in [2.75, 3.05) is 9.93 Å². The zero-order valence-electron chi connectivity index (χ0n) is 6.37. The van der Waals surface area contributed by atoms with Crippen LogP contribution in [0.2, 0.25) is 0 Å². The van der Waals surface area contributed by atoms with E-state index in [4.69, 9.17) is 11.6 Å². The Balaban J connectivity index is 2.84. The van der Waals surface area contributed by atoms with E-state index in [-0.39, 0.29) is 0 Å². The van der Waals surface area contributed by atoms with Crippen LogP contribution in [0.4, 0.5) is 5.69 Å². The van der Waals surface area contributed by atoms with E-state index in [9.17, 15) is 8.42 Å². The molecule has 68 valence electrons. The zero-order chi connectivity index (χ0) is 9.19. The standard InChI is InChI=1S/C6H8ClNO2S2/c1-5-2-11-3-6(5)8-12(9,10)4-7/h2-3,8H,4H2,1H3. The lowest BCUT2D eigenvalue weighted by Crippen LogP contribution is -2.13. The van der Waals surface area contributed by atoms with Gasteiger partial charge in [-0.25, -0.2) is 8.42 Å². The average molecular weight is 226 g/mol. The summed E-state index contributed by atoms with van der Waals surface area (Å²) in [5.41, 5.74) is 1.52. The van der Waals surface area contributed by atoms with Gasteiger partial charge in [-0.2, -0.15) is 0 Å². The highest BCUT2D eigenvalue weighted by atomic mass is 35.5. The average Bonchev–Trinajstić information content (AvgIpc) is 2.36. The first kappa shape index (κ1) is 9.83. The third kappa shape index (κ3) is 2.36. The Bertz CT molecular complexity index is 357. The Kier molecular flexibility index (Phi) is 2.98. The SMILES string of the molecule is Cc1cscc1NS(=O)(=O)CCl. The number of thiophene rings is 1. The first-order valence-electron chi connectivity index (χ1n) is 3.14. The van der Waals surface area contributed by atoms with Gasteiger partial charge in [0.1, 0.15) is 5.21 Å². The number of hydrogen-bond donors (Lipinski definition) is 1. The molecular formula is C6H8ClNO2S2. The molecule has 12 heavy (non-hydrogen) atoms. The molecule has 0 atom stereocenters. The number of hydrogen-bond acceptors (Lipinski definition) is 3. The zero-order valence-corrected chi connectivity index (χ0v) is 8.76. The fourth-order valence-corrected chi connectivity index (χ4v) is 2.29. The Morgan fingerprint density at radius 2 is 2.25 bits per heavy atom. The van der Waals surface area contributed by atoms with Crippen molar-refractivity contribution < 1.29 is 8.42 Å². The number of alkyl halides is 1. The highest BCUT2D eigenvalue weighted by Gasteiger charge is 2.09. The summed E-state index contributed by atoms with van der Waals surface area (Å²) >= 11 is 6.66. The van der Waals surface area contributed by atoms with Crippen molar-refractivity contribution in [1.82, 2.24) is 0 Å². The third-order valence-electron chi connectivity index (χ3n) is 1.26. The summed E-state index contributed by atoms with van der Waals surface area (Å²) in [6.45, 7) is 1.84. The van der Waals surface area contributed by atoms with Crippen LogP contribution in [0.3, 0.4) is 0 Å². The van der Waals surface area contributed by atoms with Crippen molar-refractivity contribution in [3.63, 3.8) is 0 Å². The molecule has 0 spiro atoms. The predicted molar refractivity (Wildman–Crippen MR) is 52.3 cm³/mol. The molecule has 0 aliphatic rings. The lowest BCUT2D eigenvalue weighted by Gasteiger charge is -2.02. The molecule has 0 saturated heterocycles. The molecule has 6 heteroatoms. The molecule has 0 aliphatic heterocycles. The number of sulfonamides is 1. The smallest absolute Gasteiger partial charge is 0.246 e. The highest BCUT2D eigenvalue weighted by molar-refractivity contribution is 7.93. The number of nitrogens with one attached hydrogen (secondary N) is 1. The molecule has 1 N–H and O–H groups in total. The van der Waals surface area contributed by atoms with Crippen LogP contribution in [0.5, 0.6) is 0 Å². The van der Waals surface area contributed by atoms with E-state index < -0.39 is 15.2 Å². The number of anilines is 1. The van der Waals surface area contributed by atoms with Crippen molar-refractivity contribution >= 4 is 38.6 Å². The Hall–Kier alpha value is -0.260. The largest absolute Gasteiger partial charge is 0.281 e. The molecule has 0 aromatic carbocycles. The molecule has 1 aromatic rings. The lowest BCUT2D eigenvalue weighted by atomic mass is 10.3. The Morgan fingerprint density at radius 1 is 1.58 bits per heavy atom. The summed E-state index contributed by atoms with van der Waals surface area (Å²) in [6.07, 6.45) is 0. The van der Waals surface area contributed by atoms with Crippen LogP contribution in [-0.2, 0) is 10.0 Å². The molecule has 3 nitrogen and oxygen atoms in total. The molecule has 1 rings (SSSR count). The monoisotopic (exact) mass is 225 g/mol. The van der Waals surface area contributed by atoms with Crippen LogP contribution < -0.4 is 4.72 Å². The van der Waals surface area contributed by atoms with Crippen molar-refractivity contribution in [3.8, 4) is 0 Å². The second-order valence-corrected chi connectivity index (χ2v) is 5.34. The van der Waals surface area contributed by atoms with Gasteiger partial charge in [-0.15, -0.1) is 22.9 Å². The van der Waals surface area contributed by atoms with E-state index in [2.05, 4.69) is 4.72 Å². The van der Waals surface area contributed by atoms with Crippen LogP contribution in [0.1, 0.15) is 5.56 Å². The lowest BCUT2D eigenvalue weighted by molar-refractivity contribution is 0.605. The first-order chi connectivity index (χ1) is 5.55. The quantitative estimate of drug-likeness (QED) is 0.800. The summed E-state index contributed by atoms with van der Waals surface area (Å²) in [4.78, 5) is 0. The Morgan fingerprint density at radius 3 is 2.67 bits per heavy atom. The minimum atomic E-state index is -3.34. The van der Waals surface area contributed by atoms with Crippen LogP contribution in [0.15, 0.2) is 10.8 Å². The summed E-state index contributed by atoms with van der Waals surface area (Å²) in [6, 6.07) is 0.